The molecule has 2 aromatic carbocycles. The van der Waals surface area contributed by atoms with E-state index in [9.17, 15) is 14.4 Å². The predicted molar refractivity (Wildman–Crippen MR) is 202 cm³/mol. The van der Waals surface area contributed by atoms with Crippen molar-refractivity contribution >= 4 is 40.6 Å². The van der Waals surface area contributed by atoms with Crippen LogP contribution in [0.1, 0.15) is 80.2 Å². The first-order valence-electron chi connectivity index (χ1n) is 18.2. The van der Waals surface area contributed by atoms with E-state index in [-0.39, 0.29) is 17.8 Å². The first-order chi connectivity index (χ1) is 25.1. The fourth-order valence-corrected chi connectivity index (χ4v) is 6.92. The van der Waals surface area contributed by atoms with Crippen molar-refractivity contribution < 1.29 is 28.6 Å². The first-order valence-corrected chi connectivity index (χ1v) is 18.2. The first kappa shape index (κ1) is 37.5. The molecule has 1 aliphatic carbocycles. The number of carbonyl (C=O) groups excluding carboxylic acids is 3. The van der Waals surface area contributed by atoms with E-state index in [1.807, 2.05) is 46.0 Å². The predicted octanol–water partition coefficient (Wildman–Crippen LogP) is 7.19. The molecule has 53 heavy (non-hydrogen) atoms. The van der Waals surface area contributed by atoms with E-state index >= 15 is 0 Å². The van der Waals surface area contributed by atoms with Crippen LogP contribution in [-0.4, -0.2) is 91.1 Å². The number of para-hydroxylation sites is 1. The lowest BCUT2D eigenvalue weighted by molar-refractivity contribution is -0.131. The molecule has 3 amide bonds. The number of amides is 3. The summed E-state index contributed by atoms with van der Waals surface area (Å²) in [7, 11) is 0. The Bertz CT molecular complexity index is 1920. The summed E-state index contributed by atoms with van der Waals surface area (Å²) < 4.78 is 19.4. The summed E-state index contributed by atoms with van der Waals surface area (Å²) in [6, 6.07) is 15.1. The van der Waals surface area contributed by atoms with Crippen LogP contribution >= 0.6 is 0 Å². The molecule has 0 unspecified atom stereocenters. The highest BCUT2D eigenvalue weighted by Crippen LogP contribution is 2.41. The minimum atomic E-state index is -0.943. The van der Waals surface area contributed by atoms with E-state index in [4.69, 9.17) is 30.0 Å². The molecule has 1 aliphatic heterocycles. The molecule has 2 N–H and O–H groups in total. The maximum atomic E-state index is 13.9. The fourth-order valence-electron chi connectivity index (χ4n) is 6.92. The van der Waals surface area contributed by atoms with Gasteiger partial charge in [0.25, 0.3) is 0 Å². The van der Waals surface area contributed by atoms with E-state index in [1.165, 1.54) is 6.33 Å². The topological polar surface area (TPSA) is 158 Å². The molecule has 282 valence electrons. The van der Waals surface area contributed by atoms with Crippen LogP contribution in [-0.2, 0) is 14.3 Å². The Balaban J connectivity index is 1.41. The highest BCUT2D eigenvalue weighted by molar-refractivity contribution is 6.15. The Morgan fingerprint density at radius 3 is 1.98 bits per heavy atom. The summed E-state index contributed by atoms with van der Waals surface area (Å²) in [4.78, 5) is 54.0. The number of ether oxygens (including phenoxy) is 3. The molecule has 4 aromatic rings. The van der Waals surface area contributed by atoms with Crippen molar-refractivity contribution in [3.8, 4) is 22.8 Å². The number of benzene rings is 2. The molecule has 1 saturated carbocycles. The molecule has 6 rings (SSSR count). The Morgan fingerprint density at radius 1 is 0.811 bits per heavy atom. The normalized spacial score (nSPS) is 18.4. The van der Waals surface area contributed by atoms with Gasteiger partial charge in [0.15, 0.2) is 11.5 Å². The van der Waals surface area contributed by atoms with Crippen molar-refractivity contribution in [2.75, 3.05) is 36.8 Å². The molecule has 0 bridgehead atoms. The minimum absolute atomic E-state index is 0.0139. The molecule has 0 atom stereocenters. The number of anilines is 2. The Labute approximate surface area is 310 Å². The van der Waals surface area contributed by atoms with Gasteiger partial charge in [-0.15, -0.1) is 0 Å². The summed E-state index contributed by atoms with van der Waals surface area (Å²) in [5.41, 5.74) is 6.62. The molecule has 14 nitrogen and oxygen atoms in total. The van der Waals surface area contributed by atoms with Crippen LogP contribution in [0.4, 0.5) is 21.1 Å². The van der Waals surface area contributed by atoms with E-state index in [2.05, 4.69) is 9.88 Å². The number of hydrogen-bond acceptors (Lipinski definition) is 11. The summed E-state index contributed by atoms with van der Waals surface area (Å²) >= 11 is 0. The molecular formula is C39H50N8O6. The van der Waals surface area contributed by atoms with E-state index < -0.39 is 23.4 Å². The lowest BCUT2D eigenvalue weighted by Gasteiger charge is -2.41. The SMILES string of the molecule is CC(=O)N1CCN(C2CCC(n3nc(-c4ccc(Oc5ccccc5)c(N)c4)c4c(N(C(=O)OC(C)(C)C)C(=O)OC(C)(C)C)ncnc43)CC2)CC1. The average Bonchev–Trinajstić information content (AvgIpc) is 3.49. The molecule has 0 spiro atoms. The lowest BCUT2D eigenvalue weighted by Crippen LogP contribution is -2.52. The van der Waals surface area contributed by atoms with Crippen molar-refractivity contribution in [2.24, 2.45) is 0 Å². The van der Waals surface area contributed by atoms with Crippen LogP contribution in [0.3, 0.4) is 0 Å². The number of nitrogen functional groups attached to an aromatic ring is 1. The van der Waals surface area contributed by atoms with Gasteiger partial charge in [-0.25, -0.2) is 24.2 Å². The number of hydrogen-bond donors (Lipinski definition) is 1. The molecule has 0 radical (unpaired) electrons. The van der Waals surface area contributed by atoms with Gasteiger partial charge in [0.05, 0.1) is 17.1 Å². The van der Waals surface area contributed by atoms with Crippen molar-refractivity contribution in [3.05, 3.63) is 54.9 Å². The van der Waals surface area contributed by atoms with E-state index in [0.29, 0.717) is 45.5 Å². The highest BCUT2D eigenvalue weighted by atomic mass is 16.6. The van der Waals surface area contributed by atoms with Crippen LogP contribution in [0, 0.1) is 0 Å². The van der Waals surface area contributed by atoms with Gasteiger partial charge in [0.1, 0.15) is 34.7 Å². The zero-order valence-corrected chi connectivity index (χ0v) is 31.7. The monoisotopic (exact) mass is 726 g/mol. The second-order valence-electron chi connectivity index (χ2n) is 15.7. The maximum Gasteiger partial charge on any atom is 0.425 e. The summed E-state index contributed by atoms with van der Waals surface area (Å²) in [5.74, 6) is 1.21. The number of nitrogens with two attached hydrogens (primary N) is 1. The van der Waals surface area contributed by atoms with Gasteiger partial charge in [-0.05, 0) is 97.6 Å². The maximum absolute atomic E-state index is 13.9. The van der Waals surface area contributed by atoms with Crippen molar-refractivity contribution in [1.29, 1.82) is 0 Å². The quantitative estimate of drug-likeness (QED) is 0.201. The van der Waals surface area contributed by atoms with Gasteiger partial charge >= 0.3 is 12.2 Å². The van der Waals surface area contributed by atoms with Crippen LogP contribution < -0.4 is 15.4 Å². The number of fused-ring (bicyclic) bond motifs is 1. The Morgan fingerprint density at radius 2 is 1.42 bits per heavy atom. The third-order valence-corrected chi connectivity index (χ3v) is 9.38. The van der Waals surface area contributed by atoms with Crippen LogP contribution in [0.15, 0.2) is 54.9 Å². The summed E-state index contributed by atoms with van der Waals surface area (Å²) in [5, 5.41) is 5.52. The van der Waals surface area contributed by atoms with Crippen LogP contribution in [0.25, 0.3) is 22.3 Å². The van der Waals surface area contributed by atoms with Gasteiger partial charge in [-0.2, -0.15) is 10.00 Å². The zero-order chi connectivity index (χ0) is 38.1. The van der Waals surface area contributed by atoms with Gasteiger partial charge in [-0.1, -0.05) is 18.2 Å². The number of piperazine rings is 1. The molecule has 2 aromatic heterocycles. The van der Waals surface area contributed by atoms with Crippen LogP contribution in [0.2, 0.25) is 0 Å². The Kier molecular flexibility index (Phi) is 10.6. The van der Waals surface area contributed by atoms with E-state index in [1.54, 1.807) is 60.6 Å². The summed E-state index contributed by atoms with van der Waals surface area (Å²) in [6.45, 7) is 15.2. The standard InChI is InChI=1S/C39H50N8O6/c1-25(48)44-19-21-45(22-20-44)27-14-16-28(17-15-27)47-35-32(33(43-47)26-13-18-31(30(40)23-26)51-29-11-9-8-10-12-29)34(41-24-42-35)46(36(49)52-38(2,3)4)37(50)53-39(5,6)7/h8-13,18,23-24,27-28H,14-17,19-22,40H2,1-7H3. The fraction of sp³-hybridized carbons (Fsp3) is 0.487. The van der Waals surface area contributed by atoms with Gasteiger partial charge in [0.2, 0.25) is 5.91 Å². The number of carbonyl (C=O) groups is 3. The minimum Gasteiger partial charge on any atom is -0.455 e. The largest absolute Gasteiger partial charge is 0.455 e. The second-order valence-corrected chi connectivity index (χ2v) is 15.7. The molecule has 14 heteroatoms. The third kappa shape index (κ3) is 8.70. The average molecular weight is 727 g/mol. The lowest BCUT2D eigenvalue weighted by atomic mass is 9.90. The number of imide groups is 1. The smallest absolute Gasteiger partial charge is 0.425 e. The zero-order valence-electron chi connectivity index (χ0n) is 31.7. The molecule has 3 heterocycles. The number of nitrogens with zero attached hydrogens (tertiary/aromatic N) is 7. The van der Waals surface area contributed by atoms with Crippen LogP contribution in [0.5, 0.6) is 11.5 Å². The van der Waals surface area contributed by atoms with Gasteiger partial charge < -0.3 is 24.8 Å². The Hall–Kier alpha value is -5.24. The van der Waals surface area contributed by atoms with Gasteiger partial charge in [-0.3, -0.25) is 9.69 Å². The third-order valence-electron chi connectivity index (χ3n) is 9.38. The highest BCUT2D eigenvalue weighted by Gasteiger charge is 2.38. The van der Waals surface area contributed by atoms with Gasteiger partial charge in [0, 0.05) is 44.7 Å². The summed E-state index contributed by atoms with van der Waals surface area (Å²) in [6.07, 6.45) is 3.00. The molecule has 1 saturated heterocycles. The van der Waals surface area contributed by atoms with Crippen molar-refractivity contribution in [1.82, 2.24) is 29.5 Å². The molecule has 2 fully saturated rings. The van der Waals surface area contributed by atoms with Crippen molar-refractivity contribution in [2.45, 2.75) is 97.4 Å². The molecular weight excluding hydrogens is 676 g/mol. The van der Waals surface area contributed by atoms with Crippen molar-refractivity contribution in [3.63, 3.8) is 0 Å². The van der Waals surface area contributed by atoms with E-state index in [0.717, 1.165) is 56.8 Å². The second kappa shape index (κ2) is 15.0. The molecule has 2 aliphatic rings. The number of aromatic nitrogens is 4. The number of rotatable bonds is 6.